The highest BCUT2D eigenvalue weighted by Gasteiger charge is 2.13. The molecule has 3 N–H and O–H groups in total. The molecule has 0 saturated carbocycles. The van der Waals surface area contributed by atoms with Crippen LogP contribution in [0.3, 0.4) is 0 Å². The first-order valence-electron chi connectivity index (χ1n) is 7.70. The molecule has 0 fully saturated rings. The highest BCUT2D eigenvalue weighted by molar-refractivity contribution is 7.80. The Kier molecular flexibility index (Phi) is 4.57. The smallest absolute Gasteiger partial charge is 0.213 e. The Labute approximate surface area is 141 Å². The second kappa shape index (κ2) is 6.79. The third-order valence-corrected chi connectivity index (χ3v) is 4.49. The normalized spacial score (nSPS) is 10.7. The van der Waals surface area contributed by atoms with Gasteiger partial charge in [0.1, 0.15) is 0 Å². The van der Waals surface area contributed by atoms with E-state index < -0.39 is 0 Å². The Morgan fingerprint density at radius 3 is 2.17 bits per heavy atom. The van der Waals surface area contributed by atoms with Gasteiger partial charge in [-0.15, -0.1) is 0 Å². The van der Waals surface area contributed by atoms with Gasteiger partial charge in [0.15, 0.2) is 5.11 Å². The summed E-state index contributed by atoms with van der Waals surface area (Å²) < 4.78 is 0. The number of para-hydroxylation sites is 2. The van der Waals surface area contributed by atoms with Crippen molar-refractivity contribution in [1.82, 2.24) is 10.2 Å². The fourth-order valence-electron chi connectivity index (χ4n) is 2.74. The second-order valence-electron chi connectivity index (χ2n) is 5.49. The molecule has 0 unspecified atom stereocenters. The molecule has 1 heterocycles. The molecule has 118 valence electrons. The Morgan fingerprint density at radius 1 is 1.04 bits per heavy atom. The van der Waals surface area contributed by atoms with Gasteiger partial charge >= 0.3 is 0 Å². The van der Waals surface area contributed by atoms with Gasteiger partial charge in [0.05, 0.1) is 16.5 Å². The molecule has 0 aliphatic rings. The molecule has 0 amide bonds. The van der Waals surface area contributed by atoms with E-state index in [1.54, 1.807) is 0 Å². The predicted octanol–water partition coefficient (Wildman–Crippen LogP) is 2.66. The Balaban J connectivity index is 1.92. The summed E-state index contributed by atoms with van der Waals surface area (Å²) in [6.45, 7) is 1.65. The molecule has 3 rings (SSSR count). The van der Waals surface area contributed by atoms with Crippen LogP contribution in [0.1, 0.15) is 0 Å². The van der Waals surface area contributed by atoms with E-state index in [0.717, 1.165) is 29.2 Å². The van der Waals surface area contributed by atoms with Crippen molar-refractivity contribution < 1.29 is 4.98 Å². The molecule has 23 heavy (non-hydrogen) atoms. The predicted molar refractivity (Wildman–Crippen MR) is 101 cm³/mol. The van der Waals surface area contributed by atoms with Crippen LogP contribution < -0.4 is 15.6 Å². The van der Waals surface area contributed by atoms with E-state index in [-0.39, 0.29) is 0 Å². The van der Waals surface area contributed by atoms with Gasteiger partial charge < -0.3 is 15.5 Å². The third-order valence-electron chi connectivity index (χ3n) is 3.97. The summed E-state index contributed by atoms with van der Waals surface area (Å²) in [5.74, 6) is 0. The van der Waals surface area contributed by atoms with Gasteiger partial charge in [0.2, 0.25) is 11.0 Å². The fourth-order valence-corrected chi connectivity index (χ4v) is 2.83. The topological polar surface area (TPSA) is 41.4 Å². The summed E-state index contributed by atoms with van der Waals surface area (Å²) in [5.41, 5.74) is 3.43. The number of anilines is 1. The molecule has 3 aromatic rings. The number of pyridine rings is 1. The van der Waals surface area contributed by atoms with Gasteiger partial charge in [0, 0.05) is 39.3 Å². The molecular formula is C18H21N4S+. The quantitative estimate of drug-likeness (QED) is 0.572. The number of H-pyrrole nitrogens is 1. The molecular weight excluding hydrogens is 304 g/mol. The number of thiocarbonyl (C=S) groups is 1. The zero-order chi connectivity index (χ0) is 16.2. The van der Waals surface area contributed by atoms with Crippen LogP contribution in [-0.2, 0) is 0 Å². The molecule has 0 saturated heterocycles. The van der Waals surface area contributed by atoms with Gasteiger partial charge in [-0.1, -0.05) is 24.3 Å². The van der Waals surface area contributed by atoms with Crippen molar-refractivity contribution in [2.75, 3.05) is 32.5 Å². The molecule has 2 aromatic carbocycles. The summed E-state index contributed by atoms with van der Waals surface area (Å²) in [4.78, 5) is 5.52. The first-order valence-corrected chi connectivity index (χ1v) is 8.11. The van der Waals surface area contributed by atoms with Crippen molar-refractivity contribution in [3.05, 3.63) is 48.5 Å². The minimum atomic E-state index is 0.753. The number of likely N-dealkylation sites (N-methyl/N-ethyl adjacent to an activating group) is 1. The highest BCUT2D eigenvalue weighted by atomic mass is 32.1. The molecule has 0 aliphatic carbocycles. The molecule has 4 nitrogen and oxygen atoms in total. The molecule has 5 heteroatoms. The van der Waals surface area contributed by atoms with E-state index >= 15 is 0 Å². The van der Waals surface area contributed by atoms with Crippen LogP contribution in [0.15, 0.2) is 48.5 Å². The molecule has 0 bridgehead atoms. The third kappa shape index (κ3) is 3.19. The van der Waals surface area contributed by atoms with Crippen LogP contribution >= 0.6 is 12.2 Å². The lowest BCUT2D eigenvalue weighted by Crippen LogP contribution is -2.37. The summed E-state index contributed by atoms with van der Waals surface area (Å²) in [6, 6.07) is 16.7. The van der Waals surface area contributed by atoms with Crippen molar-refractivity contribution >= 4 is 44.8 Å². The lowest BCUT2D eigenvalue weighted by Gasteiger charge is -2.20. The average Bonchev–Trinajstić information content (AvgIpc) is 2.60. The van der Waals surface area contributed by atoms with E-state index in [9.17, 15) is 0 Å². The number of fused-ring (bicyclic) bond motifs is 2. The fraction of sp³-hybridized carbons (Fsp3) is 0.222. The number of aromatic amines is 1. The van der Waals surface area contributed by atoms with Crippen molar-refractivity contribution in [3.63, 3.8) is 0 Å². The van der Waals surface area contributed by atoms with Gasteiger partial charge in [-0.25, -0.2) is 4.98 Å². The van der Waals surface area contributed by atoms with Crippen LogP contribution in [0.2, 0.25) is 0 Å². The number of aromatic nitrogens is 1. The van der Waals surface area contributed by atoms with Crippen molar-refractivity contribution in [2.24, 2.45) is 0 Å². The van der Waals surface area contributed by atoms with E-state index in [2.05, 4.69) is 64.1 Å². The molecule has 0 aliphatic heterocycles. The summed E-state index contributed by atoms with van der Waals surface area (Å²) in [5, 5.41) is 9.74. The van der Waals surface area contributed by atoms with Crippen molar-refractivity contribution in [3.8, 4) is 0 Å². The Morgan fingerprint density at radius 2 is 1.61 bits per heavy atom. The number of rotatable bonds is 4. The van der Waals surface area contributed by atoms with Gasteiger partial charge in [-0.3, -0.25) is 0 Å². The van der Waals surface area contributed by atoms with Crippen LogP contribution in [-0.4, -0.2) is 37.2 Å². The molecule has 0 spiro atoms. The Bertz CT molecular complexity index is 793. The first kappa shape index (κ1) is 15.5. The van der Waals surface area contributed by atoms with E-state index in [0.29, 0.717) is 0 Å². The number of nitrogens with one attached hydrogen (secondary N) is 3. The SMILES string of the molecule is CNC(=S)N(C)CCNc1c2ccccc2[nH+]c2ccccc12. The number of hydrogen-bond donors (Lipinski definition) is 2. The van der Waals surface area contributed by atoms with Crippen molar-refractivity contribution in [2.45, 2.75) is 0 Å². The molecule has 0 atom stereocenters. The Hall–Kier alpha value is -2.40. The lowest BCUT2D eigenvalue weighted by atomic mass is 10.1. The zero-order valence-corrected chi connectivity index (χ0v) is 14.2. The maximum Gasteiger partial charge on any atom is 0.213 e. The summed E-state index contributed by atoms with van der Waals surface area (Å²) in [6.07, 6.45) is 0. The van der Waals surface area contributed by atoms with E-state index in [4.69, 9.17) is 12.2 Å². The average molecular weight is 325 g/mol. The number of hydrogen-bond acceptors (Lipinski definition) is 2. The van der Waals surface area contributed by atoms with E-state index in [1.165, 1.54) is 16.5 Å². The monoisotopic (exact) mass is 325 g/mol. The van der Waals surface area contributed by atoms with Crippen LogP contribution in [0.25, 0.3) is 21.8 Å². The van der Waals surface area contributed by atoms with Crippen molar-refractivity contribution in [1.29, 1.82) is 0 Å². The van der Waals surface area contributed by atoms with Crippen LogP contribution in [0, 0.1) is 0 Å². The van der Waals surface area contributed by atoms with Crippen LogP contribution in [0.4, 0.5) is 5.69 Å². The minimum absolute atomic E-state index is 0.753. The van der Waals surface area contributed by atoms with E-state index in [1.807, 2.05) is 19.0 Å². The number of nitrogens with zero attached hydrogens (tertiary/aromatic N) is 1. The second-order valence-corrected chi connectivity index (χ2v) is 5.88. The number of benzene rings is 2. The molecule has 1 aromatic heterocycles. The summed E-state index contributed by atoms with van der Waals surface area (Å²) in [7, 11) is 3.84. The van der Waals surface area contributed by atoms with Crippen LogP contribution in [0.5, 0.6) is 0 Å². The largest absolute Gasteiger partial charge is 0.382 e. The highest BCUT2D eigenvalue weighted by Crippen LogP contribution is 2.28. The lowest BCUT2D eigenvalue weighted by molar-refractivity contribution is -0.310. The standard InChI is InChI=1S/C18H20N4S/c1-19-18(23)22(2)12-11-20-17-13-7-3-5-9-15(13)21-16-10-6-4-8-14(16)17/h3-10H,11-12H2,1-2H3,(H,19,23)(H,20,21)/p+1. The maximum atomic E-state index is 5.24. The molecule has 0 radical (unpaired) electrons. The van der Waals surface area contributed by atoms with Gasteiger partial charge in [-0.05, 0) is 24.4 Å². The maximum absolute atomic E-state index is 5.24. The summed E-state index contributed by atoms with van der Waals surface area (Å²) >= 11 is 5.24. The zero-order valence-electron chi connectivity index (χ0n) is 13.4. The van der Waals surface area contributed by atoms with Gasteiger partial charge in [-0.2, -0.15) is 0 Å². The van der Waals surface area contributed by atoms with Gasteiger partial charge in [0.25, 0.3) is 0 Å². The minimum Gasteiger partial charge on any atom is -0.382 e. The first-order chi connectivity index (χ1) is 11.2.